The second-order valence-electron chi connectivity index (χ2n) is 9.33. The first-order valence-corrected chi connectivity index (χ1v) is 11.8. The van der Waals surface area contributed by atoms with Gasteiger partial charge in [-0.2, -0.15) is 0 Å². The molecule has 174 valence electrons. The fraction of sp³-hybridized carbons (Fsp3) is 0.500. The third-order valence-corrected chi connectivity index (χ3v) is 6.44. The molecule has 5 heterocycles. The maximum Gasteiger partial charge on any atom is 0.228 e. The van der Waals surface area contributed by atoms with Crippen LogP contribution in [0.2, 0.25) is 0 Å². The van der Waals surface area contributed by atoms with Crippen LogP contribution >= 0.6 is 0 Å². The molecule has 1 fully saturated rings. The number of fused-ring (bicyclic) bond motifs is 2. The van der Waals surface area contributed by atoms with E-state index in [2.05, 4.69) is 44.3 Å². The van der Waals surface area contributed by atoms with Gasteiger partial charge in [0.05, 0.1) is 41.4 Å². The molecule has 2 aliphatic heterocycles. The molecule has 8 nitrogen and oxygen atoms in total. The van der Waals surface area contributed by atoms with Crippen molar-refractivity contribution < 1.29 is 9.18 Å². The van der Waals surface area contributed by atoms with Gasteiger partial charge in [-0.3, -0.25) is 9.78 Å². The van der Waals surface area contributed by atoms with E-state index in [1.54, 1.807) is 18.5 Å². The second-order valence-corrected chi connectivity index (χ2v) is 9.33. The largest absolute Gasteiger partial charge is 0.326 e. The fourth-order valence-corrected chi connectivity index (χ4v) is 4.75. The molecule has 0 aromatic carbocycles. The summed E-state index contributed by atoms with van der Waals surface area (Å²) in [6.07, 6.45) is 5.53. The lowest BCUT2D eigenvalue weighted by Gasteiger charge is -2.22. The van der Waals surface area contributed by atoms with Crippen LogP contribution in [0, 0.1) is 17.7 Å². The number of nitrogens with one attached hydrogen (secondary N) is 3. The van der Waals surface area contributed by atoms with Crippen molar-refractivity contribution in [3.8, 4) is 11.3 Å². The summed E-state index contributed by atoms with van der Waals surface area (Å²) >= 11 is 0. The summed E-state index contributed by atoms with van der Waals surface area (Å²) in [6, 6.07) is 1.61. The molecule has 0 spiro atoms. The highest BCUT2D eigenvalue weighted by atomic mass is 19.1. The van der Waals surface area contributed by atoms with E-state index in [1.165, 1.54) is 0 Å². The standard InChI is InChI=1S/C24H30FN7O/c1-14(2)9-17-22(19-12-29-21-13-27-7-8-32(19)21)23(25)16-10-20(28-11-18(16)30-17)31-24(33)15-3-5-26-6-4-15/h10-12,14-15,26-27H,3-9,13H2,1-2H3,(H,28,31,33). The quantitative estimate of drug-likeness (QED) is 0.552. The number of anilines is 1. The third kappa shape index (κ3) is 4.35. The Labute approximate surface area is 192 Å². The van der Waals surface area contributed by atoms with E-state index in [9.17, 15) is 4.79 Å². The molecule has 1 amide bonds. The van der Waals surface area contributed by atoms with Gasteiger partial charge in [0, 0.05) is 24.4 Å². The van der Waals surface area contributed by atoms with Gasteiger partial charge >= 0.3 is 0 Å². The highest BCUT2D eigenvalue weighted by molar-refractivity contribution is 5.94. The van der Waals surface area contributed by atoms with Gasteiger partial charge in [-0.15, -0.1) is 0 Å². The van der Waals surface area contributed by atoms with Crippen LogP contribution in [0.3, 0.4) is 0 Å². The Morgan fingerprint density at radius 3 is 2.82 bits per heavy atom. The molecule has 1 saturated heterocycles. The van der Waals surface area contributed by atoms with Crippen molar-refractivity contribution >= 4 is 22.6 Å². The molecule has 2 aliphatic rings. The van der Waals surface area contributed by atoms with Crippen LogP contribution in [0.4, 0.5) is 10.2 Å². The minimum absolute atomic E-state index is 0.0531. The Balaban J connectivity index is 1.57. The maximum atomic E-state index is 16.1. The average molecular weight is 452 g/mol. The minimum atomic E-state index is -0.336. The average Bonchev–Trinajstić information content (AvgIpc) is 3.24. The number of rotatable bonds is 5. The van der Waals surface area contributed by atoms with Crippen LogP contribution in [-0.4, -0.2) is 45.1 Å². The van der Waals surface area contributed by atoms with Crippen LogP contribution in [0.15, 0.2) is 18.5 Å². The Morgan fingerprint density at radius 1 is 1.21 bits per heavy atom. The predicted molar refractivity (Wildman–Crippen MR) is 125 cm³/mol. The van der Waals surface area contributed by atoms with Crippen molar-refractivity contribution in [3.05, 3.63) is 35.8 Å². The molecule has 3 aromatic heterocycles. The number of hydrogen-bond donors (Lipinski definition) is 3. The molecule has 0 aliphatic carbocycles. The van der Waals surface area contributed by atoms with Crippen molar-refractivity contribution in [2.75, 3.05) is 25.0 Å². The number of piperidine rings is 1. The van der Waals surface area contributed by atoms with Gasteiger partial charge in [-0.25, -0.2) is 14.4 Å². The van der Waals surface area contributed by atoms with Gasteiger partial charge in [0.1, 0.15) is 17.5 Å². The molecule has 0 unspecified atom stereocenters. The summed E-state index contributed by atoms with van der Waals surface area (Å²) in [4.78, 5) is 26.4. The molecule has 0 radical (unpaired) electrons. The van der Waals surface area contributed by atoms with Crippen LogP contribution in [-0.2, 0) is 24.3 Å². The SMILES string of the molecule is CC(C)Cc1nc2cnc(NC(=O)C3CCNCC3)cc2c(F)c1-c1cnc2n1CCNC2. The number of amides is 1. The van der Waals surface area contributed by atoms with Crippen molar-refractivity contribution in [1.29, 1.82) is 0 Å². The molecule has 3 aromatic rings. The normalized spacial score (nSPS) is 16.8. The molecule has 5 rings (SSSR count). The molecule has 0 bridgehead atoms. The molecular formula is C24H30FN7O. The summed E-state index contributed by atoms with van der Waals surface area (Å²) < 4.78 is 18.2. The van der Waals surface area contributed by atoms with Crippen molar-refractivity contribution in [2.24, 2.45) is 11.8 Å². The Bertz CT molecular complexity index is 1180. The van der Waals surface area contributed by atoms with Crippen molar-refractivity contribution in [2.45, 2.75) is 46.2 Å². The van der Waals surface area contributed by atoms with Crippen LogP contribution < -0.4 is 16.0 Å². The van der Waals surface area contributed by atoms with Gasteiger partial charge in [0.15, 0.2) is 0 Å². The van der Waals surface area contributed by atoms with Gasteiger partial charge in [0.25, 0.3) is 0 Å². The highest BCUT2D eigenvalue weighted by Gasteiger charge is 2.25. The smallest absolute Gasteiger partial charge is 0.228 e. The van der Waals surface area contributed by atoms with E-state index in [0.29, 0.717) is 46.9 Å². The van der Waals surface area contributed by atoms with Crippen LogP contribution in [0.1, 0.15) is 38.2 Å². The van der Waals surface area contributed by atoms with E-state index in [4.69, 9.17) is 4.98 Å². The Kier molecular flexibility index (Phi) is 6.07. The Morgan fingerprint density at radius 2 is 2.03 bits per heavy atom. The second kappa shape index (κ2) is 9.15. The first-order valence-electron chi connectivity index (χ1n) is 11.8. The van der Waals surface area contributed by atoms with Gasteiger partial charge in [0.2, 0.25) is 5.91 Å². The summed E-state index contributed by atoms with van der Waals surface area (Å²) in [5.74, 6) is 1.12. The number of carbonyl (C=O) groups is 1. The summed E-state index contributed by atoms with van der Waals surface area (Å²) in [6.45, 7) is 8.07. The van der Waals surface area contributed by atoms with E-state index >= 15 is 4.39 Å². The van der Waals surface area contributed by atoms with Crippen LogP contribution in [0.25, 0.3) is 22.2 Å². The predicted octanol–water partition coefficient (Wildman–Crippen LogP) is 2.87. The molecule has 0 saturated carbocycles. The summed E-state index contributed by atoms with van der Waals surface area (Å²) in [7, 11) is 0. The van der Waals surface area contributed by atoms with E-state index in [1.807, 2.05) is 0 Å². The fourth-order valence-electron chi connectivity index (χ4n) is 4.75. The van der Waals surface area contributed by atoms with E-state index in [-0.39, 0.29) is 17.6 Å². The van der Waals surface area contributed by atoms with E-state index in [0.717, 1.165) is 50.5 Å². The zero-order chi connectivity index (χ0) is 22.9. The van der Waals surface area contributed by atoms with E-state index < -0.39 is 0 Å². The number of imidazole rings is 1. The van der Waals surface area contributed by atoms with Crippen molar-refractivity contribution in [1.82, 2.24) is 30.2 Å². The first-order chi connectivity index (χ1) is 16.0. The molecule has 0 atom stereocenters. The zero-order valence-electron chi connectivity index (χ0n) is 19.1. The molecule has 9 heteroatoms. The van der Waals surface area contributed by atoms with Crippen LogP contribution in [0.5, 0.6) is 0 Å². The highest BCUT2D eigenvalue weighted by Crippen LogP contribution is 2.34. The number of aromatic nitrogens is 4. The molecule has 33 heavy (non-hydrogen) atoms. The maximum absolute atomic E-state index is 16.1. The number of nitrogens with zero attached hydrogens (tertiary/aromatic N) is 4. The minimum Gasteiger partial charge on any atom is -0.326 e. The number of halogens is 1. The number of pyridine rings is 2. The number of hydrogen-bond acceptors (Lipinski definition) is 6. The molecule has 3 N–H and O–H groups in total. The lowest BCUT2D eigenvalue weighted by Crippen LogP contribution is -2.34. The zero-order valence-corrected chi connectivity index (χ0v) is 19.1. The van der Waals surface area contributed by atoms with Crippen molar-refractivity contribution in [3.63, 3.8) is 0 Å². The number of carbonyl (C=O) groups excluding carboxylic acids is 1. The first kappa shape index (κ1) is 21.9. The topological polar surface area (TPSA) is 96.8 Å². The third-order valence-electron chi connectivity index (χ3n) is 6.44. The summed E-state index contributed by atoms with van der Waals surface area (Å²) in [5, 5.41) is 9.81. The lowest BCUT2D eigenvalue weighted by atomic mass is 9.97. The molecular weight excluding hydrogens is 421 g/mol. The Hall–Kier alpha value is -2.91. The lowest BCUT2D eigenvalue weighted by molar-refractivity contribution is -0.120. The van der Waals surface area contributed by atoms with Gasteiger partial charge < -0.3 is 20.5 Å². The summed E-state index contributed by atoms with van der Waals surface area (Å²) in [5.41, 5.74) is 2.46. The monoisotopic (exact) mass is 451 g/mol. The van der Waals surface area contributed by atoms with Gasteiger partial charge in [-0.1, -0.05) is 13.8 Å². The van der Waals surface area contributed by atoms with Gasteiger partial charge in [-0.05, 0) is 44.3 Å².